The molecule has 6 heteroatoms. The maximum Gasteiger partial charge on any atom is 0.265 e. The van der Waals surface area contributed by atoms with Gasteiger partial charge in [0.1, 0.15) is 0 Å². The fourth-order valence-corrected chi connectivity index (χ4v) is 2.15. The van der Waals surface area contributed by atoms with E-state index in [1.54, 1.807) is 18.3 Å². The number of carbonyl (C=O) groups excluding carboxylic acids is 1. The van der Waals surface area contributed by atoms with Gasteiger partial charge in [0.05, 0.1) is 6.21 Å². The van der Waals surface area contributed by atoms with Gasteiger partial charge in [-0.05, 0) is 30.3 Å². The van der Waals surface area contributed by atoms with Crippen LogP contribution in [0.15, 0.2) is 62.6 Å². The molecule has 0 aromatic heterocycles. The molecule has 108 valence electrons. The Morgan fingerprint density at radius 3 is 2.57 bits per heavy atom. The molecule has 0 aliphatic rings. The number of carbonyl (C=O) groups is 1. The second-order valence-corrected chi connectivity index (χ2v) is 5.85. The molecule has 0 spiro atoms. The van der Waals surface area contributed by atoms with Crippen molar-refractivity contribution in [2.24, 2.45) is 5.16 Å². The Morgan fingerprint density at radius 2 is 1.86 bits per heavy atom. The van der Waals surface area contributed by atoms with Gasteiger partial charge in [-0.3, -0.25) is 4.79 Å². The minimum absolute atomic E-state index is 0.142. The Kier molecular flexibility index (Phi) is 5.95. The minimum Gasteiger partial charge on any atom is -0.386 e. The van der Waals surface area contributed by atoms with Crippen molar-refractivity contribution in [3.8, 4) is 0 Å². The first kappa shape index (κ1) is 15.7. The molecule has 0 unspecified atom stereocenters. The van der Waals surface area contributed by atoms with Gasteiger partial charge < -0.3 is 10.2 Å². The fourth-order valence-electron chi connectivity index (χ4n) is 1.50. The quantitative estimate of drug-likeness (QED) is 0.592. The molecule has 0 saturated heterocycles. The van der Waals surface area contributed by atoms with Crippen molar-refractivity contribution >= 4 is 49.7 Å². The van der Waals surface area contributed by atoms with E-state index < -0.39 is 0 Å². The zero-order valence-electron chi connectivity index (χ0n) is 10.9. The second-order valence-electron chi connectivity index (χ2n) is 4.08. The maximum absolute atomic E-state index is 11.6. The smallest absolute Gasteiger partial charge is 0.265 e. The lowest BCUT2D eigenvalue weighted by atomic mass is 10.2. The van der Waals surface area contributed by atoms with Crippen LogP contribution in [0.2, 0.25) is 0 Å². The number of nitrogens with one attached hydrogen (secondary N) is 1. The molecule has 0 aliphatic heterocycles. The van der Waals surface area contributed by atoms with Crippen LogP contribution in [0.1, 0.15) is 5.56 Å². The molecule has 1 N–H and O–H groups in total. The summed E-state index contributed by atoms with van der Waals surface area (Å²) in [5.74, 6) is -0.262. The van der Waals surface area contributed by atoms with Gasteiger partial charge in [-0.15, -0.1) is 0 Å². The number of benzene rings is 2. The number of rotatable bonds is 5. The number of hydrogen-bond donors (Lipinski definition) is 1. The summed E-state index contributed by atoms with van der Waals surface area (Å²) in [5.41, 5.74) is 1.59. The van der Waals surface area contributed by atoms with Crippen molar-refractivity contribution in [2.75, 3.05) is 11.9 Å². The highest BCUT2D eigenvalue weighted by Crippen LogP contribution is 2.14. The van der Waals surface area contributed by atoms with Gasteiger partial charge >= 0.3 is 0 Å². The van der Waals surface area contributed by atoms with E-state index in [-0.39, 0.29) is 12.5 Å². The maximum atomic E-state index is 11.6. The van der Waals surface area contributed by atoms with E-state index >= 15 is 0 Å². The number of oxime groups is 1. The Bertz CT molecular complexity index is 642. The highest BCUT2D eigenvalue weighted by Gasteiger charge is 2.02. The van der Waals surface area contributed by atoms with E-state index in [0.717, 1.165) is 14.5 Å². The molecule has 0 bridgehead atoms. The Hall–Kier alpha value is -1.66. The molecule has 0 saturated carbocycles. The fraction of sp³-hybridized carbons (Fsp3) is 0.0667. The van der Waals surface area contributed by atoms with Crippen molar-refractivity contribution in [3.63, 3.8) is 0 Å². The summed E-state index contributed by atoms with van der Waals surface area (Å²) >= 11 is 6.73. The number of halogens is 2. The molecule has 2 aromatic carbocycles. The van der Waals surface area contributed by atoms with Crippen molar-refractivity contribution in [2.45, 2.75) is 0 Å². The SMILES string of the molecule is O=C(CO/N=C\c1ccccc1Br)Nc1ccc(Br)cc1. The van der Waals surface area contributed by atoms with Gasteiger partial charge in [0.2, 0.25) is 0 Å². The van der Waals surface area contributed by atoms with Gasteiger partial charge in [0, 0.05) is 20.2 Å². The third-order valence-electron chi connectivity index (χ3n) is 2.50. The normalized spacial score (nSPS) is 10.6. The standard InChI is InChI=1S/C15H12Br2N2O2/c16-12-5-7-13(8-6-12)19-15(20)10-21-18-9-11-3-1-2-4-14(11)17/h1-9H,10H2,(H,19,20)/b18-9-. The van der Waals surface area contributed by atoms with E-state index in [4.69, 9.17) is 4.84 Å². The molecule has 2 rings (SSSR count). The molecule has 0 fully saturated rings. The molecular weight excluding hydrogens is 400 g/mol. The van der Waals surface area contributed by atoms with E-state index in [0.29, 0.717) is 5.69 Å². The first-order valence-electron chi connectivity index (χ1n) is 6.10. The van der Waals surface area contributed by atoms with Gasteiger partial charge in [-0.1, -0.05) is 55.2 Å². The lowest BCUT2D eigenvalue weighted by Crippen LogP contribution is -2.16. The van der Waals surface area contributed by atoms with Crippen LogP contribution < -0.4 is 5.32 Å². The summed E-state index contributed by atoms with van der Waals surface area (Å²) < 4.78 is 1.87. The van der Waals surface area contributed by atoms with E-state index in [1.165, 1.54) is 0 Å². The molecular formula is C15H12Br2N2O2. The third-order valence-corrected chi connectivity index (χ3v) is 3.75. The predicted octanol–water partition coefficient (Wildman–Crippen LogP) is 4.20. The minimum atomic E-state index is -0.262. The zero-order valence-corrected chi connectivity index (χ0v) is 14.1. The van der Waals surface area contributed by atoms with Crippen molar-refractivity contribution in [3.05, 3.63) is 63.0 Å². The summed E-state index contributed by atoms with van der Waals surface area (Å²) in [6.07, 6.45) is 1.55. The lowest BCUT2D eigenvalue weighted by Gasteiger charge is -2.04. The Balaban J connectivity index is 1.79. The number of anilines is 1. The monoisotopic (exact) mass is 410 g/mol. The summed E-state index contributed by atoms with van der Waals surface area (Å²) in [6, 6.07) is 14.9. The average Bonchev–Trinajstić information content (AvgIpc) is 2.48. The van der Waals surface area contributed by atoms with E-state index in [1.807, 2.05) is 36.4 Å². The van der Waals surface area contributed by atoms with Crippen LogP contribution in [-0.4, -0.2) is 18.7 Å². The van der Waals surface area contributed by atoms with Crippen LogP contribution in [0.3, 0.4) is 0 Å². The number of hydrogen-bond acceptors (Lipinski definition) is 3. The van der Waals surface area contributed by atoms with Crippen LogP contribution in [-0.2, 0) is 9.63 Å². The summed E-state index contributed by atoms with van der Waals surface area (Å²) in [5, 5.41) is 6.49. The Morgan fingerprint density at radius 1 is 1.14 bits per heavy atom. The van der Waals surface area contributed by atoms with Crippen molar-refractivity contribution < 1.29 is 9.63 Å². The second kappa shape index (κ2) is 7.95. The van der Waals surface area contributed by atoms with Gasteiger partial charge in [-0.2, -0.15) is 0 Å². The van der Waals surface area contributed by atoms with Crippen LogP contribution >= 0.6 is 31.9 Å². The molecule has 0 radical (unpaired) electrons. The first-order valence-corrected chi connectivity index (χ1v) is 7.69. The van der Waals surface area contributed by atoms with Crippen LogP contribution in [0.25, 0.3) is 0 Å². The van der Waals surface area contributed by atoms with E-state index in [9.17, 15) is 4.79 Å². The largest absolute Gasteiger partial charge is 0.386 e. The first-order chi connectivity index (χ1) is 10.1. The van der Waals surface area contributed by atoms with Crippen molar-refractivity contribution in [1.29, 1.82) is 0 Å². The number of nitrogens with zero attached hydrogens (tertiary/aromatic N) is 1. The highest BCUT2D eigenvalue weighted by molar-refractivity contribution is 9.10. The topological polar surface area (TPSA) is 50.7 Å². The molecule has 1 amide bonds. The molecule has 21 heavy (non-hydrogen) atoms. The van der Waals surface area contributed by atoms with Crippen LogP contribution in [0, 0.1) is 0 Å². The van der Waals surface area contributed by atoms with Crippen LogP contribution in [0.5, 0.6) is 0 Å². The highest BCUT2D eigenvalue weighted by atomic mass is 79.9. The predicted molar refractivity (Wildman–Crippen MR) is 90.5 cm³/mol. The average molecular weight is 412 g/mol. The number of amides is 1. The van der Waals surface area contributed by atoms with Gasteiger partial charge in [-0.25, -0.2) is 0 Å². The van der Waals surface area contributed by atoms with Crippen LogP contribution in [0.4, 0.5) is 5.69 Å². The zero-order chi connectivity index (χ0) is 15.1. The van der Waals surface area contributed by atoms with Crippen molar-refractivity contribution in [1.82, 2.24) is 0 Å². The molecule has 0 atom stereocenters. The summed E-state index contributed by atoms with van der Waals surface area (Å²) in [4.78, 5) is 16.6. The lowest BCUT2D eigenvalue weighted by molar-refractivity contribution is -0.120. The van der Waals surface area contributed by atoms with Gasteiger partial charge in [0.15, 0.2) is 6.61 Å². The molecule has 0 aliphatic carbocycles. The molecule has 0 heterocycles. The summed E-state index contributed by atoms with van der Waals surface area (Å²) in [6.45, 7) is -0.142. The Labute approximate surface area is 139 Å². The van der Waals surface area contributed by atoms with Gasteiger partial charge in [0.25, 0.3) is 5.91 Å². The molecule has 2 aromatic rings. The molecule has 4 nitrogen and oxygen atoms in total. The summed E-state index contributed by atoms with van der Waals surface area (Å²) in [7, 11) is 0. The third kappa shape index (κ3) is 5.32. The van der Waals surface area contributed by atoms with E-state index in [2.05, 4.69) is 42.3 Å².